The quantitative estimate of drug-likeness (QED) is 0.637. The molecule has 1 heterocycles. The van der Waals surface area contributed by atoms with E-state index in [1.807, 2.05) is 6.07 Å². The summed E-state index contributed by atoms with van der Waals surface area (Å²) < 4.78 is 5.31. The molecule has 0 unspecified atom stereocenters. The Bertz CT molecular complexity index is 299. The second-order valence-corrected chi connectivity index (χ2v) is 3.37. The Balaban J connectivity index is 2.37. The van der Waals surface area contributed by atoms with E-state index in [4.69, 9.17) is 4.42 Å². The first kappa shape index (κ1) is 7.59. The van der Waals surface area contributed by atoms with Crippen molar-refractivity contribution in [3.63, 3.8) is 0 Å². The van der Waals surface area contributed by atoms with E-state index in [1.165, 1.54) is 5.56 Å². The molecule has 0 amide bonds. The number of carbonyl (C=O) groups is 1. The van der Waals surface area contributed by atoms with Crippen molar-refractivity contribution in [3.05, 3.63) is 23.7 Å². The molecular weight excluding hydrogens is 152 g/mol. The molecule has 2 nitrogen and oxygen atoms in total. The van der Waals surface area contributed by atoms with Crippen molar-refractivity contribution in [1.29, 1.82) is 0 Å². The standard InChI is InChI=1S/C10H12O2/c1-7(11)9-4-2-3-8-5-6-12-10(8)9/h5-6,9H,2-4H2,1H3/t9-/m0/s1. The lowest BCUT2D eigenvalue weighted by Crippen LogP contribution is -2.14. The minimum Gasteiger partial charge on any atom is -0.468 e. The van der Waals surface area contributed by atoms with Crippen LogP contribution in [-0.2, 0) is 11.2 Å². The van der Waals surface area contributed by atoms with Crippen LogP contribution in [0, 0.1) is 0 Å². The fraction of sp³-hybridized carbons (Fsp3) is 0.500. The van der Waals surface area contributed by atoms with Gasteiger partial charge in [-0.2, -0.15) is 0 Å². The average Bonchev–Trinajstić information content (AvgIpc) is 2.49. The maximum Gasteiger partial charge on any atom is 0.140 e. The highest BCUT2D eigenvalue weighted by Gasteiger charge is 2.26. The number of ketones is 1. The first-order chi connectivity index (χ1) is 5.79. The van der Waals surface area contributed by atoms with Gasteiger partial charge in [0, 0.05) is 0 Å². The number of hydrogen-bond acceptors (Lipinski definition) is 2. The molecule has 1 aromatic rings. The normalized spacial score (nSPS) is 21.9. The van der Waals surface area contributed by atoms with Crippen molar-refractivity contribution < 1.29 is 9.21 Å². The molecule has 2 heteroatoms. The van der Waals surface area contributed by atoms with Crippen LogP contribution in [0.3, 0.4) is 0 Å². The third kappa shape index (κ3) is 1.07. The second-order valence-electron chi connectivity index (χ2n) is 3.37. The molecule has 0 aromatic carbocycles. The van der Waals surface area contributed by atoms with Gasteiger partial charge in [0.1, 0.15) is 11.5 Å². The zero-order valence-electron chi connectivity index (χ0n) is 7.17. The van der Waals surface area contributed by atoms with Crippen molar-refractivity contribution in [2.75, 3.05) is 0 Å². The van der Waals surface area contributed by atoms with E-state index in [0.717, 1.165) is 25.0 Å². The molecule has 1 aliphatic carbocycles. The summed E-state index contributed by atoms with van der Waals surface area (Å²) in [6, 6.07) is 1.98. The van der Waals surface area contributed by atoms with Crippen molar-refractivity contribution in [2.24, 2.45) is 0 Å². The van der Waals surface area contributed by atoms with Gasteiger partial charge in [-0.1, -0.05) is 0 Å². The van der Waals surface area contributed by atoms with Crippen molar-refractivity contribution in [3.8, 4) is 0 Å². The van der Waals surface area contributed by atoms with Crippen LogP contribution in [0.2, 0.25) is 0 Å². The van der Waals surface area contributed by atoms with Crippen molar-refractivity contribution in [2.45, 2.75) is 32.1 Å². The molecule has 2 rings (SSSR count). The van der Waals surface area contributed by atoms with E-state index in [0.29, 0.717) is 0 Å². The third-order valence-corrected chi connectivity index (χ3v) is 2.53. The van der Waals surface area contributed by atoms with E-state index < -0.39 is 0 Å². The Morgan fingerprint density at radius 1 is 1.67 bits per heavy atom. The van der Waals surface area contributed by atoms with E-state index in [1.54, 1.807) is 13.2 Å². The summed E-state index contributed by atoms with van der Waals surface area (Å²) in [5.74, 6) is 1.17. The summed E-state index contributed by atoms with van der Waals surface area (Å²) in [4.78, 5) is 11.2. The number of hydrogen-bond donors (Lipinski definition) is 0. The molecular formula is C10H12O2. The summed E-state index contributed by atoms with van der Waals surface area (Å²) >= 11 is 0. The maximum atomic E-state index is 11.2. The Kier molecular flexibility index (Phi) is 1.75. The van der Waals surface area contributed by atoms with E-state index in [9.17, 15) is 4.79 Å². The predicted octanol–water partition coefficient (Wildman–Crippen LogP) is 2.29. The molecule has 0 saturated carbocycles. The Hall–Kier alpha value is -1.05. The molecule has 0 saturated heterocycles. The summed E-state index contributed by atoms with van der Waals surface area (Å²) in [7, 11) is 0. The van der Waals surface area contributed by atoms with Gasteiger partial charge in [-0.05, 0) is 37.8 Å². The van der Waals surface area contributed by atoms with Crippen LogP contribution < -0.4 is 0 Å². The SMILES string of the molecule is CC(=O)[C@@H]1CCCc2ccoc21. The first-order valence-electron chi connectivity index (χ1n) is 4.36. The molecule has 1 atom stereocenters. The first-order valence-corrected chi connectivity index (χ1v) is 4.36. The molecule has 1 aliphatic rings. The third-order valence-electron chi connectivity index (χ3n) is 2.53. The van der Waals surface area contributed by atoms with Crippen LogP contribution in [-0.4, -0.2) is 5.78 Å². The summed E-state index contributed by atoms with van der Waals surface area (Å²) in [5.41, 5.74) is 1.22. The zero-order valence-corrected chi connectivity index (χ0v) is 7.17. The molecule has 0 fully saturated rings. The zero-order chi connectivity index (χ0) is 8.55. The Labute approximate surface area is 71.6 Å². The monoisotopic (exact) mass is 164 g/mol. The van der Waals surface area contributed by atoms with Gasteiger partial charge in [0.2, 0.25) is 0 Å². The second kappa shape index (κ2) is 2.77. The number of aryl methyl sites for hydroxylation is 1. The largest absolute Gasteiger partial charge is 0.468 e. The molecule has 0 spiro atoms. The minimum absolute atomic E-state index is 0.0312. The van der Waals surface area contributed by atoms with E-state index in [-0.39, 0.29) is 11.7 Å². The number of furan rings is 1. The lowest BCUT2D eigenvalue weighted by Gasteiger charge is -2.17. The molecule has 1 aromatic heterocycles. The fourth-order valence-corrected chi connectivity index (χ4v) is 1.88. The van der Waals surface area contributed by atoms with E-state index >= 15 is 0 Å². The molecule has 0 aliphatic heterocycles. The highest BCUT2D eigenvalue weighted by molar-refractivity contribution is 5.83. The van der Waals surface area contributed by atoms with Gasteiger partial charge in [-0.15, -0.1) is 0 Å². The van der Waals surface area contributed by atoms with Gasteiger partial charge in [-0.25, -0.2) is 0 Å². The average molecular weight is 164 g/mol. The number of Topliss-reactive ketones (excluding diaryl/α,β-unsaturated/α-hetero) is 1. The smallest absolute Gasteiger partial charge is 0.140 e. The van der Waals surface area contributed by atoms with Crippen molar-refractivity contribution in [1.82, 2.24) is 0 Å². The van der Waals surface area contributed by atoms with Crippen LogP contribution in [0.5, 0.6) is 0 Å². The lowest BCUT2D eigenvalue weighted by atomic mass is 9.86. The van der Waals surface area contributed by atoms with Gasteiger partial charge in [0.25, 0.3) is 0 Å². The van der Waals surface area contributed by atoms with Gasteiger partial charge in [0.15, 0.2) is 0 Å². The molecule has 64 valence electrons. The van der Waals surface area contributed by atoms with Gasteiger partial charge >= 0.3 is 0 Å². The summed E-state index contributed by atoms with van der Waals surface area (Å²) in [6.45, 7) is 1.64. The summed E-state index contributed by atoms with van der Waals surface area (Å²) in [6.07, 6.45) is 4.81. The predicted molar refractivity (Wildman–Crippen MR) is 45.1 cm³/mol. The highest BCUT2D eigenvalue weighted by Crippen LogP contribution is 2.32. The minimum atomic E-state index is 0.0312. The molecule has 0 bridgehead atoms. The molecule has 0 radical (unpaired) electrons. The van der Waals surface area contributed by atoms with Crippen LogP contribution in [0.1, 0.15) is 37.0 Å². The Morgan fingerprint density at radius 3 is 3.25 bits per heavy atom. The number of rotatable bonds is 1. The van der Waals surface area contributed by atoms with Gasteiger partial charge in [0.05, 0.1) is 12.2 Å². The fourth-order valence-electron chi connectivity index (χ4n) is 1.88. The van der Waals surface area contributed by atoms with Gasteiger partial charge in [-0.3, -0.25) is 4.79 Å². The van der Waals surface area contributed by atoms with Crippen LogP contribution in [0.25, 0.3) is 0 Å². The lowest BCUT2D eigenvalue weighted by molar-refractivity contribution is -0.119. The topological polar surface area (TPSA) is 30.2 Å². The highest BCUT2D eigenvalue weighted by atomic mass is 16.3. The van der Waals surface area contributed by atoms with E-state index in [2.05, 4.69) is 0 Å². The van der Waals surface area contributed by atoms with Crippen LogP contribution in [0.15, 0.2) is 16.7 Å². The van der Waals surface area contributed by atoms with Crippen LogP contribution >= 0.6 is 0 Å². The summed E-state index contributed by atoms with van der Waals surface area (Å²) in [5, 5.41) is 0. The molecule has 12 heavy (non-hydrogen) atoms. The van der Waals surface area contributed by atoms with Gasteiger partial charge < -0.3 is 4.42 Å². The van der Waals surface area contributed by atoms with Crippen molar-refractivity contribution >= 4 is 5.78 Å². The van der Waals surface area contributed by atoms with Crippen LogP contribution in [0.4, 0.5) is 0 Å². The molecule has 0 N–H and O–H groups in total. The Morgan fingerprint density at radius 2 is 2.50 bits per heavy atom. The maximum absolute atomic E-state index is 11.2. The number of carbonyl (C=O) groups excluding carboxylic acids is 1. The number of fused-ring (bicyclic) bond motifs is 1.